The maximum atomic E-state index is 13.9. The number of halogens is 9. The van der Waals surface area contributed by atoms with E-state index in [0.717, 1.165) is 11.0 Å². The van der Waals surface area contributed by atoms with E-state index in [1.165, 1.54) is 12.4 Å². The van der Waals surface area contributed by atoms with Gasteiger partial charge in [-0.2, -0.15) is 39.5 Å². The van der Waals surface area contributed by atoms with Crippen molar-refractivity contribution in [3.63, 3.8) is 0 Å². The van der Waals surface area contributed by atoms with E-state index in [1.54, 1.807) is 20.8 Å². The van der Waals surface area contributed by atoms with E-state index >= 15 is 0 Å². The molecule has 1 aromatic heterocycles. The Morgan fingerprint density at radius 2 is 1.36 bits per heavy atom. The highest BCUT2D eigenvalue weighted by molar-refractivity contribution is 5.97. The average molecular weight is 764 g/mol. The van der Waals surface area contributed by atoms with Gasteiger partial charge in [0.25, 0.3) is 0 Å². The number of hydrogen-bond donors (Lipinski definition) is 1. The fourth-order valence-electron chi connectivity index (χ4n) is 5.41. The molecule has 18 heteroatoms. The van der Waals surface area contributed by atoms with Crippen LogP contribution in [0.1, 0.15) is 71.8 Å². The maximum Gasteiger partial charge on any atom is 0.416 e. The van der Waals surface area contributed by atoms with Gasteiger partial charge in [0.1, 0.15) is 5.60 Å². The Morgan fingerprint density at radius 3 is 1.91 bits per heavy atom. The Bertz CT molecular complexity index is 1680. The lowest BCUT2D eigenvalue weighted by Gasteiger charge is -2.29. The van der Waals surface area contributed by atoms with Gasteiger partial charge < -0.3 is 24.6 Å². The molecule has 0 saturated carbocycles. The Balaban J connectivity index is 1.68. The number of carbonyl (C=O) groups excluding carboxylic acids is 2. The van der Waals surface area contributed by atoms with Crippen molar-refractivity contribution >= 4 is 23.4 Å². The van der Waals surface area contributed by atoms with Gasteiger partial charge >= 0.3 is 24.5 Å². The van der Waals surface area contributed by atoms with Gasteiger partial charge in [-0.1, -0.05) is 6.07 Å². The highest BCUT2D eigenvalue weighted by Crippen LogP contribution is 2.37. The summed E-state index contributed by atoms with van der Waals surface area (Å²) in [6.45, 7) is 5.76. The van der Waals surface area contributed by atoms with Crippen LogP contribution in [0.2, 0.25) is 0 Å². The molecule has 1 fully saturated rings. The summed E-state index contributed by atoms with van der Waals surface area (Å²) in [6.07, 6.45) is -12.7. The standard InChI is InChI=1S/C35H38F9N5O4/c1-32(2,3)53-30(51)7-9-45-8-6-29(50)28-5-4-24(33(36,37)38)16-23(28)21-49(31-46-18-27(19-47-31)48-10-12-52-13-11-48)20-22-14-25(34(39,40)41)17-26(15-22)35(42,43)44/h4-5,14-19,45H,6-13,20-21H2,1-3H3. The number of nitrogens with one attached hydrogen (secondary N) is 1. The van der Waals surface area contributed by atoms with Crippen LogP contribution in [0.5, 0.6) is 0 Å². The van der Waals surface area contributed by atoms with Gasteiger partial charge in [-0.25, -0.2) is 9.97 Å². The smallest absolute Gasteiger partial charge is 0.416 e. The number of morpholine rings is 1. The number of ketones is 1. The molecule has 2 aromatic carbocycles. The number of esters is 1. The summed E-state index contributed by atoms with van der Waals surface area (Å²) in [7, 11) is 0. The Kier molecular flexibility index (Phi) is 13.0. The summed E-state index contributed by atoms with van der Waals surface area (Å²) in [5, 5.41) is 2.90. The van der Waals surface area contributed by atoms with E-state index in [0.29, 0.717) is 56.3 Å². The summed E-state index contributed by atoms with van der Waals surface area (Å²) >= 11 is 0. The molecule has 1 saturated heterocycles. The first-order valence-electron chi connectivity index (χ1n) is 16.4. The van der Waals surface area contributed by atoms with Gasteiger partial charge in [0.2, 0.25) is 5.95 Å². The van der Waals surface area contributed by atoms with Crippen LogP contribution in [0.4, 0.5) is 51.1 Å². The molecule has 0 amide bonds. The first-order valence-corrected chi connectivity index (χ1v) is 16.4. The molecule has 2 heterocycles. The van der Waals surface area contributed by atoms with Crippen molar-refractivity contribution in [3.8, 4) is 0 Å². The lowest BCUT2D eigenvalue weighted by Crippen LogP contribution is -2.36. The molecular weight excluding hydrogens is 725 g/mol. The summed E-state index contributed by atoms with van der Waals surface area (Å²) in [5.74, 6) is -1.32. The van der Waals surface area contributed by atoms with Crippen LogP contribution < -0.4 is 15.1 Å². The number of ether oxygens (including phenoxy) is 2. The third kappa shape index (κ3) is 12.3. The third-order valence-electron chi connectivity index (χ3n) is 7.85. The van der Waals surface area contributed by atoms with Crippen LogP contribution in [0.15, 0.2) is 48.8 Å². The minimum Gasteiger partial charge on any atom is -0.460 e. The lowest BCUT2D eigenvalue weighted by molar-refractivity contribution is -0.154. The fourth-order valence-corrected chi connectivity index (χ4v) is 5.41. The van der Waals surface area contributed by atoms with Crippen LogP contribution in [0, 0.1) is 0 Å². The predicted molar refractivity (Wildman–Crippen MR) is 175 cm³/mol. The molecule has 0 atom stereocenters. The largest absolute Gasteiger partial charge is 0.460 e. The van der Waals surface area contributed by atoms with Crippen molar-refractivity contribution in [1.29, 1.82) is 0 Å². The minimum absolute atomic E-state index is 0.0120. The zero-order valence-electron chi connectivity index (χ0n) is 29.0. The number of aromatic nitrogens is 2. The molecule has 0 bridgehead atoms. The van der Waals surface area contributed by atoms with Crippen LogP contribution >= 0.6 is 0 Å². The molecule has 3 aromatic rings. The van der Waals surface area contributed by atoms with Crippen molar-refractivity contribution < 1.29 is 58.6 Å². The monoisotopic (exact) mass is 763 g/mol. The van der Waals surface area contributed by atoms with Crippen LogP contribution in [0.25, 0.3) is 0 Å². The molecule has 1 N–H and O–H groups in total. The van der Waals surface area contributed by atoms with E-state index in [4.69, 9.17) is 9.47 Å². The molecule has 1 aliphatic heterocycles. The van der Waals surface area contributed by atoms with Crippen LogP contribution in [-0.4, -0.2) is 66.7 Å². The molecule has 1 aliphatic rings. The second-order valence-corrected chi connectivity index (χ2v) is 13.2. The molecular formula is C35H38F9N5O4. The summed E-state index contributed by atoms with van der Waals surface area (Å²) < 4.78 is 135. The quantitative estimate of drug-likeness (QED) is 0.0824. The molecule has 290 valence electrons. The number of nitrogens with zero attached hydrogens (tertiary/aromatic N) is 4. The highest BCUT2D eigenvalue weighted by atomic mass is 19.4. The van der Waals surface area contributed by atoms with Crippen molar-refractivity contribution in [2.75, 3.05) is 49.2 Å². The highest BCUT2D eigenvalue weighted by Gasteiger charge is 2.37. The fraction of sp³-hybridized carbons (Fsp3) is 0.486. The zero-order valence-corrected chi connectivity index (χ0v) is 29.0. The van der Waals surface area contributed by atoms with Crippen molar-refractivity contribution in [2.24, 2.45) is 0 Å². The van der Waals surface area contributed by atoms with Crippen molar-refractivity contribution in [3.05, 3.63) is 82.2 Å². The van der Waals surface area contributed by atoms with Gasteiger partial charge in [0.15, 0.2) is 5.78 Å². The van der Waals surface area contributed by atoms with Crippen LogP contribution in [-0.2, 0) is 45.9 Å². The molecule has 4 rings (SSSR count). The number of hydrogen-bond acceptors (Lipinski definition) is 9. The zero-order chi connectivity index (χ0) is 39.2. The summed E-state index contributed by atoms with van der Waals surface area (Å²) in [5.41, 5.74) is -5.34. The number of carbonyl (C=O) groups is 2. The summed E-state index contributed by atoms with van der Waals surface area (Å²) in [4.78, 5) is 36.9. The van der Waals surface area contributed by atoms with Crippen molar-refractivity contribution in [1.82, 2.24) is 15.3 Å². The number of anilines is 2. The van der Waals surface area contributed by atoms with Gasteiger partial charge in [0, 0.05) is 51.3 Å². The third-order valence-corrected chi connectivity index (χ3v) is 7.85. The number of rotatable bonds is 13. The molecule has 9 nitrogen and oxygen atoms in total. The van der Waals surface area contributed by atoms with Gasteiger partial charge in [-0.05, 0) is 62.2 Å². The van der Waals surface area contributed by atoms with Gasteiger partial charge in [0.05, 0.1) is 54.4 Å². The van der Waals surface area contributed by atoms with Crippen molar-refractivity contribution in [2.45, 2.75) is 70.8 Å². The van der Waals surface area contributed by atoms with Gasteiger partial charge in [-0.3, -0.25) is 9.59 Å². The maximum absolute atomic E-state index is 13.9. The van der Waals surface area contributed by atoms with E-state index < -0.39 is 71.2 Å². The van der Waals surface area contributed by atoms with Gasteiger partial charge in [-0.15, -0.1) is 0 Å². The second kappa shape index (κ2) is 16.7. The average Bonchev–Trinajstić information content (AvgIpc) is 3.06. The van der Waals surface area contributed by atoms with Crippen LogP contribution in [0.3, 0.4) is 0 Å². The van der Waals surface area contributed by atoms with E-state index in [2.05, 4.69) is 15.3 Å². The molecule has 0 radical (unpaired) electrons. The number of benzene rings is 2. The number of alkyl halides is 9. The molecule has 0 aliphatic carbocycles. The first kappa shape index (κ1) is 41.3. The predicted octanol–water partition coefficient (Wildman–Crippen LogP) is 7.47. The van der Waals surface area contributed by atoms with E-state index in [9.17, 15) is 49.1 Å². The Hall–Kier alpha value is -4.45. The summed E-state index contributed by atoms with van der Waals surface area (Å²) in [6, 6.07) is 3.34. The first-order chi connectivity index (χ1) is 24.6. The minimum atomic E-state index is -5.15. The number of Topliss-reactive ketones (excluding diaryl/α,β-unsaturated/α-hetero) is 1. The normalized spacial score (nSPS) is 14.3. The Morgan fingerprint density at radius 1 is 0.792 bits per heavy atom. The SMILES string of the molecule is CC(C)(C)OC(=O)CCNCCC(=O)c1ccc(C(F)(F)F)cc1CN(Cc1cc(C(F)(F)F)cc(C(F)(F)F)c1)c1ncc(N2CCOCC2)cn1. The second-order valence-electron chi connectivity index (χ2n) is 13.2. The topological polar surface area (TPSA) is 96.9 Å². The Labute approximate surface area is 299 Å². The molecule has 0 unspecified atom stereocenters. The van der Waals surface area contributed by atoms with E-state index in [1.807, 2.05) is 4.90 Å². The lowest BCUT2D eigenvalue weighted by atomic mass is 9.97. The molecule has 0 spiro atoms. The molecule has 53 heavy (non-hydrogen) atoms. The van der Waals surface area contributed by atoms with E-state index in [-0.39, 0.29) is 49.1 Å².